The monoisotopic (exact) mass is 219 g/mol. The maximum Gasteiger partial charge on any atom is 0.242 e. The van der Waals surface area contributed by atoms with Crippen LogP contribution in [-0.2, 0) is 4.79 Å². The van der Waals surface area contributed by atoms with Crippen molar-refractivity contribution in [2.45, 2.75) is 26.8 Å². The van der Waals surface area contributed by atoms with Crippen LogP contribution in [0.2, 0.25) is 0 Å². The number of carbonyl (C=O) groups is 1. The smallest absolute Gasteiger partial charge is 0.242 e. The first-order valence-corrected chi connectivity index (χ1v) is 5.41. The van der Waals surface area contributed by atoms with E-state index >= 15 is 0 Å². The van der Waals surface area contributed by atoms with Crippen LogP contribution < -0.4 is 5.32 Å². The summed E-state index contributed by atoms with van der Waals surface area (Å²) >= 11 is 0. The van der Waals surface area contributed by atoms with Crippen LogP contribution >= 0.6 is 0 Å². The zero-order valence-electron chi connectivity index (χ0n) is 9.90. The standard InChI is InChI=1S/C12H17N3O/c1-9(2)8-14-12(16)10(3)15-6-4-5-11(15)7-13/h4-6,9-10H,8H2,1-3H3,(H,14,16). The van der Waals surface area contributed by atoms with Crippen molar-refractivity contribution in [3.8, 4) is 6.07 Å². The minimum Gasteiger partial charge on any atom is -0.354 e. The van der Waals surface area contributed by atoms with Gasteiger partial charge in [-0.2, -0.15) is 5.26 Å². The molecule has 86 valence electrons. The number of rotatable bonds is 4. The van der Waals surface area contributed by atoms with Crippen LogP contribution in [0.25, 0.3) is 0 Å². The number of nitrogens with one attached hydrogen (secondary N) is 1. The van der Waals surface area contributed by atoms with Gasteiger partial charge in [0.05, 0.1) is 0 Å². The largest absolute Gasteiger partial charge is 0.354 e. The summed E-state index contributed by atoms with van der Waals surface area (Å²) < 4.78 is 1.68. The molecule has 0 aliphatic carbocycles. The van der Waals surface area contributed by atoms with Gasteiger partial charge in [-0.25, -0.2) is 0 Å². The third-order valence-electron chi connectivity index (χ3n) is 2.37. The Morgan fingerprint density at radius 1 is 1.56 bits per heavy atom. The second-order valence-corrected chi connectivity index (χ2v) is 4.23. The fraction of sp³-hybridized carbons (Fsp3) is 0.500. The molecule has 1 aromatic heterocycles. The maximum atomic E-state index is 11.8. The van der Waals surface area contributed by atoms with Gasteiger partial charge in [0.15, 0.2) is 0 Å². The molecule has 4 heteroatoms. The summed E-state index contributed by atoms with van der Waals surface area (Å²) in [5.74, 6) is 0.373. The summed E-state index contributed by atoms with van der Waals surface area (Å²) in [7, 11) is 0. The molecule has 0 aliphatic rings. The van der Waals surface area contributed by atoms with Gasteiger partial charge in [-0.15, -0.1) is 0 Å². The molecule has 1 rings (SSSR count). The van der Waals surface area contributed by atoms with Crippen LogP contribution in [-0.4, -0.2) is 17.0 Å². The Hall–Kier alpha value is -1.76. The molecule has 1 N–H and O–H groups in total. The highest BCUT2D eigenvalue weighted by molar-refractivity contribution is 5.80. The maximum absolute atomic E-state index is 11.8. The molecule has 1 amide bonds. The van der Waals surface area contributed by atoms with Crippen LogP contribution in [0.5, 0.6) is 0 Å². The zero-order chi connectivity index (χ0) is 12.1. The van der Waals surface area contributed by atoms with Gasteiger partial charge in [0.1, 0.15) is 17.8 Å². The molecule has 0 bridgehead atoms. The highest BCUT2D eigenvalue weighted by Gasteiger charge is 2.16. The van der Waals surface area contributed by atoms with Crippen molar-refractivity contribution < 1.29 is 4.79 Å². The molecule has 0 aliphatic heterocycles. The van der Waals surface area contributed by atoms with Crippen LogP contribution in [0, 0.1) is 17.2 Å². The van der Waals surface area contributed by atoms with Crippen molar-refractivity contribution in [1.29, 1.82) is 5.26 Å². The van der Waals surface area contributed by atoms with E-state index in [0.29, 0.717) is 18.2 Å². The van der Waals surface area contributed by atoms with Crippen molar-refractivity contribution in [1.82, 2.24) is 9.88 Å². The molecule has 16 heavy (non-hydrogen) atoms. The number of carbonyl (C=O) groups excluding carboxylic acids is 1. The van der Waals surface area contributed by atoms with Gasteiger partial charge in [0.2, 0.25) is 5.91 Å². The molecule has 1 atom stereocenters. The lowest BCUT2D eigenvalue weighted by Gasteiger charge is -2.15. The van der Waals surface area contributed by atoms with E-state index in [1.54, 1.807) is 29.8 Å². The van der Waals surface area contributed by atoms with Gasteiger partial charge < -0.3 is 9.88 Å². The second kappa shape index (κ2) is 5.36. The molecular weight excluding hydrogens is 202 g/mol. The predicted octanol–water partition coefficient (Wildman–Crippen LogP) is 1.69. The van der Waals surface area contributed by atoms with Gasteiger partial charge in [0.25, 0.3) is 0 Å². The molecule has 4 nitrogen and oxygen atoms in total. The van der Waals surface area contributed by atoms with Crippen molar-refractivity contribution >= 4 is 5.91 Å². The molecule has 0 saturated carbocycles. The lowest BCUT2D eigenvalue weighted by Crippen LogP contribution is -2.33. The topological polar surface area (TPSA) is 57.8 Å². The second-order valence-electron chi connectivity index (χ2n) is 4.23. The Balaban J connectivity index is 2.68. The number of aromatic nitrogens is 1. The van der Waals surface area contributed by atoms with E-state index < -0.39 is 0 Å². The van der Waals surface area contributed by atoms with Gasteiger partial charge in [-0.05, 0) is 25.0 Å². The summed E-state index contributed by atoms with van der Waals surface area (Å²) in [6.45, 7) is 6.53. The summed E-state index contributed by atoms with van der Waals surface area (Å²) in [5, 5.41) is 11.7. The van der Waals surface area contributed by atoms with Crippen molar-refractivity contribution in [2.24, 2.45) is 5.92 Å². The van der Waals surface area contributed by atoms with Crippen molar-refractivity contribution in [3.63, 3.8) is 0 Å². The van der Waals surface area contributed by atoms with E-state index in [-0.39, 0.29) is 11.9 Å². The van der Waals surface area contributed by atoms with Gasteiger partial charge in [0, 0.05) is 12.7 Å². The predicted molar refractivity (Wildman–Crippen MR) is 61.7 cm³/mol. The lowest BCUT2D eigenvalue weighted by molar-refractivity contribution is -0.124. The van der Waals surface area contributed by atoms with Crippen molar-refractivity contribution in [2.75, 3.05) is 6.54 Å². The number of hydrogen-bond donors (Lipinski definition) is 1. The van der Waals surface area contributed by atoms with E-state index in [4.69, 9.17) is 5.26 Å². The molecule has 0 aromatic carbocycles. The normalized spacial score (nSPS) is 12.2. The first-order valence-electron chi connectivity index (χ1n) is 5.41. The fourth-order valence-corrected chi connectivity index (χ4v) is 1.40. The fourth-order valence-electron chi connectivity index (χ4n) is 1.40. The minimum atomic E-state index is -0.344. The van der Waals surface area contributed by atoms with Gasteiger partial charge >= 0.3 is 0 Å². The summed E-state index contributed by atoms with van der Waals surface area (Å²) in [6.07, 6.45) is 1.75. The van der Waals surface area contributed by atoms with E-state index in [9.17, 15) is 4.79 Å². The lowest BCUT2D eigenvalue weighted by atomic mass is 10.2. The molecule has 1 aromatic rings. The average Bonchev–Trinajstić information content (AvgIpc) is 2.72. The van der Waals surface area contributed by atoms with Gasteiger partial charge in [-0.1, -0.05) is 13.8 Å². The third kappa shape index (κ3) is 2.86. The SMILES string of the molecule is CC(C)CNC(=O)C(C)n1cccc1C#N. The Kier molecular flexibility index (Phi) is 4.12. The Morgan fingerprint density at radius 2 is 2.25 bits per heavy atom. The number of hydrogen-bond acceptors (Lipinski definition) is 2. The van der Waals surface area contributed by atoms with E-state index in [0.717, 1.165) is 0 Å². The highest BCUT2D eigenvalue weighted by Crippen LogP contribution is 2.10. The Labute approximate surface area is 95.9 Å². The number of nitrogens with zero attached hydrogens (tertiary/aromatic N) is 2. The third-order valence-corrected chi connectivity index (χ3v) is 2.37. The average molecular weight is 219 g/mol. The highest BCUT2D eigenvalue weighted by atomic mass is 16.2. The van der Waals surface area contributed by atoms with Crippen molar-refractivity contribution in [3.05, 3.63) is 24.0 Å². The van der Waals surface area contributed by atoms with E-state index in [2.05, 4.69) is 11.4 Å². The van der Waals surface area contributed by atoms with E-state index in [1.807, 2.05) is 13.8 Å². The summed E-state index contributed by atoms with van der Waals surface area (Å²) in [6, 6.07) is 5.18. The van der Waals surface area contributed by atoms with Crippen LogP contribution in [0.4, 0.5) is 0 Å². The molecule has 1 unspecified atom stereocenters. The minimum absolute atomic E-state index is 0.0543. The molecule has 1 heterocycles. The molecule has 0 fully saturated rings. The first kappa shape index (κ1) is 12.3. The molecule has 0 radical (unpaired) electrons. The number of nitriles is 1. The van der Waals surface area contributed by atoms with Gasteiger partial charge in [-0.3, -0.25) is 4.79 Å². The van der Waals surface area contributed by atoms with Crippen LogP contribution in [0.3, 0.4) is 0 Å². The summed E-state index contributed by atoms with van der Waals surface area (Å²) in [4.78, 5) is 11.8. The molecule has 0 spiro atoms. The molecular formula is C12H17N3O. The zero-order valence-corrected chi connectivity index (χ0v) is 9.90. The Morgan fingerprint density at radius 3 is 2.81 bits per heavy atom. The molecule has 0 saturated heterocycles. The Bertz CT molecular complexity index is 401. The quantitative estimate of drug-likeness (QED) is 0.837. The first-order chi connectivity index (χ1) is 7.56. The van der Waals surface area contributed by atoms with Crippen LogP contribution in [0.1, 0.15) is 32.5 Å². The summed E-state index contributed by atoms with van der Waals surface area (Å²) in [5.41, 5.74) is 0.507. The van der Waals surface area contributed by atoms with E-state index in [1.165, 1.54) is 0 Å². The number of amides is 1. The van der Waals surface area contributed by atoms with Crippen LogP contribution in [0.15, 0.2) is 18.3 Å².